The summed E-state index contributed by atoms with van der Waals surface area (Å²) in [5.41, 5.74) is 6.22. The first-order valence-electron chi connectivity index (χ1n) is 6.33. The normalized spacial score (nSPS) is 20.8. The molecule has 0 saturated carbocycles. The van der Waals surface area contributed by atoms with Gasteiger partial charge in [-0.15, -0.1) is 0 Å². The van der Waals surface area contributed by atoms with Gasteiger partial charge in [-0.2, -0.15) is 0 Å². The van der Waals surface area contributed by atoms with Gasteiger partial charge in [-0.25, -0.2) is 0 Å². The van der Waals surface area contributed by atoms with E-state index in [1.54, 1.807) is 0 Å². The summed E-state index contributed by atoms with van der Waals surface area (Å²) in [5.74, 6) is 0.689. The summed E-state index contributed by atoms with van der Waals surface area (Å²) in [6.07, 6.45) is 3.44. The van der Waals surface area contributed by atoms with E-state index >= 15 is 0 Å². The van der Waals surface area contributed by atoms with E-state index in [9.17, 15) is 0 Å². The van der Waals surface area contributed by atoms with Crippen LogP contribution in [0.3, 0.4) is 0 Å². The highest BCUT2D eigenvalue weighted by molar-refractivity contribution is 4.76. The van der Waals surface area contributed by atoms with E-state index in [0.29, 0.717) is 12.0 Å². The predicted octanol–water partition coefficient (Wildman–Crippen LogP) is 1.47. The topological polar surface area (TPSA) is 38.5 Å². The van der Waals surface area contributed by atoms with Crippen LogP contribution < -0.4 is 5.73 Å². The third kappa shape index (κ3) is 4.49. The Labute approximate surface area is 94.0 Å². The SMILES string of the molecule is CCN(CC)CCC(N)C1CCOCC1. The fourth-order valence-electron chi connectivity index (χ4n) is 2.25. The minimum Gasteiger partial charge on any atom is -0.381 e. The smallest absolute Gasteiger partial charge is 0.0469 e. The molecule has 90 valence electrons. The lowest BCUT2D eigenvalue weighted by Gasteiger charge is -2.29. The fraction of sp³-hybridized carbons (Fsp3) is 1.00. The maximum atomic E-state index is 6.22. The van der Waals surface area contributed by atoms with Gasteiger partial charge in [-0.05, 0) is 44.8 Å². The molecule has 1 fully saturated rings. The highest BCUT2D eigenvalue weighted by atomic mass is 16.5. The average molecular weight is 214 g/mol. The van der Waals surface area contributed by atoms with Gasteiger partial charge < -0.3 is 15.4 Å². The van der Waals surface area contributed by atoms with Crippen molar-refractivity contribution in [1.29, 1.82) is 0 Å². The Hall–Kier alpha value is -0.120. The minimum absolute atomic E-state index is 0.370. The summed E-state index contributed by atoms with van der Waals surface area (Å²) in [4.78, 5) is 2.44. The van der Waals surface area contributed by atoms with E-state index in [-0.39, 0.29) is 0 Å². The number of rotatable bonds is 6. The largest absolute Gasteiger partial charge is 0.381 e. The van der Waals surface area contributed by atoms with Crippen molar-refractivity contribution < 1.29 is 4.74 Å². The summed E-state index contributed by atoms with van der Waals surface area (Å²) >= 11 is 0. The van der Waals surface area contributed by atoms with Crippen LogP contribution in [-0.4, -0.2) is 43.8 Å². The molecular weight excluding hydrogens is 188 g/mol. The molecular formula is C12H26N2O. The van der Waals surface area contributed by atoms with Crippen molar-refractivity contribution in [2.45, 2.75) is 39.2 Å². The van der Waals surface area contributed by atoms with Gasteiger partial charge in [-0.1, -0.05) is 13.8 Å². The first kappa shape index (κ1) is 12.9. The molecule has 0 amide bonds. The van der Waals surface area contributed by atoms with Crippen LogP contribution in [0.4, 0.5) is 0 Å². The number of hydrogen-bond donors (Lipinski definition) is 1. The molecule has 1 rings (SSSR count). The second-order valence-electron chi connectivity index (χ2n) is 4.43. The van der Waals surface area contributed by atoms with Gasteiger partial charge in [0.15, 0.2) is 0 Å². The Morgan fingerprint density at radius 2 is 1.87 bits per heavy atom. The number of ether oxygens (including phenoxy) is 1. The molecule has 1 aliphatic heterocycles. The van der Waals surface area contributed by atoms with Gasteiger partial charge in [0.25, 0.3) is 0 Å². The lowest BCUT2D eigenvalue weighted by Crippen LogP contribution is -2.37. The van der Waals surface area contributed by atoms with Gasteiger partial charge in [0.05, 0.1) is 0 Å². The quantitative estimate of drug-likeness (QED) is 0.728. The molecule has 0 aliphatic carbocycles. The van der Waals surface area contributed by atoms with E-state index in [1.165, 1.54) is 0 Å². The summed E-state index contributed by atoms with van der Waals surface area (Å²) in [7, 11) is 0. The first-order chi connectivity index (χ1) is 7.27. The van der Waals surface area contributed by atoms with Crippen molar-refractivity contribution in [3.05, 3.63) is 0 Å². The Morgan fingerprint density at radius 3 is 2.40 bits per heavy atom. The molecule has 1 unspecified atom stereocenters. The van der Waals surface area contributed by atoms with Crippen LogP contribution in [0.2, 0.25) is 0 Å². The van der Waals surface area contributed by atoms with Crippen molar-refractivity contribution in [1.82, 2.24) is 4.90 Å². The molecule has 0 aromatic carbocycles. The van der Waals surface area contributed by atoms with Crippen molar-refractivity contribution in [2.24, 2.45) is 11.7 Å². The predicted molar refractivity (Wildman–Crippen MR) is 63.9 cm³/mol. The second kappa shape index (κ2) is 7.20. The monoisotopic (exact) mass is 214 g/mol. The minimum atomic E-state index is 0.370. The third-order valence-electron chi connectivity index (χ3n) is 3.54. The first-order valence-corrected chi connectivity index (χ1v) is 6.33. The lowest BCUT2D eigenvalue weighted by atomic mass is 9.90. The summed E-state index contributed by atoms with van der Waals surface area (Å²) in [5, 5.41) is 0. The Morgan fingerprint density at radius 1 is 1.27 bits per heavy atom. The Kier molecular flexibility index (Phi) is 6.22. The van der Waals surface area contributed by atoms with Crippen molar-refractivity contribution in [3.63, 3.8) is 0 Å². The maximum Gasteiger partial charge on any atom is 0.0469 e. The number of nitrogens with two attached hydrogens (primary N) is 1. The van der Waals surface area contributed by atoms with Crippen molar-refractivity contribution in [2.75, 3.05) is 32.8 Å². The molecule has 0 aromatic heterocycles. The van der Waals surface area contributed by atoms with Gasteiger partial charge in [0, 0.05) is 19.3 Å². The molecule has 0 radical (unpaired) electrons. The van der Waals surface area contributed by atoms with Crippen LogP contribution in [-0.2, 0) is 4.74 Å². The van der Waals surface area contributed by atoms with Gasteiger partial charge in [-0.3, -0.25) is 0 Å². The molecule has 0 bridgehead atoms. The Bertz CT molecular complexity index is 154. The van der Waals surface area contributed by atoms with Crippen LogP contribution in [0, 0.1) is 5.92 Å². The molecule has 0 spiro atoms. The van der Waals surface area contributed by atoms with Crippen LogP contribution in [0.5, 0.6) is 0 Å². The van der Waals surface area contributed by atoms with E-state index in [1.807, 2.05) is 0 Å². The zero-order chi connectivity index (χ0) is 11.1. The van der Waals surface area contributed by atoms with Crippen LogP contribution in [0.1, 0.15) is 33.1 Å². The van der Waals surface area contributed by atoms with E-state index in [2.05, 4.69) is 18.7 Å². The standard InChI is InChI=1S/C12H26N2O/c1-3-14(4-2)8-5-12(13)11-6-9-15-10-7-11/h11-12H,3-10,13H2,1-2H3. The van der Waals surface area contributed by atoms with Gasteiger partial charge >= 0.3 is 0 Å². The fourth-order valence-corrected chi connectivity index (χ4v) is 2.25. The van der Waals surface area contributed by atoms with Crippen LogP contribution >= 0.6 is 0 Å². The van der Waals surface area contributed by atoms with E-state index in [0.717, 1.165) is 52.1 Å². The van der Waals surface area contributed by atoms with Gasteiger partial charge in [0.1, 0.15) is 0 Å². The molecule has 3 nitrogen and oxygen atoms in total. The third-order valence-corrected chi connectivity index (χ3v) is 3.54. The molecule has 0 aromatic rings. The molecule has 2 N–H and O–H groups in total. The number of hydrogen-bond acceptors (Lipinski definition) is 3. The van der Waals surface area contributed by atoms with Crippen LogP contribution in [0.25, 0.3) is 0 Å². The number of nitrogens with zero attached hydrogens (tertiary/aromatic N) is 1. The molecule has 15 heavy (non-hydrogen) atoms. The van der Waals surface area contributed by atoms with E-state index < -0.39 is 0 Å². The highest BCUT2D eigenvalue weighted by Gasteiger charge is 2.20. The highest BCUT2D eigenvalue weighted by Crippen LogP contribution is 2.19. The molecule has 3 heteroatoms. The second-order valence-corrected chi connectivity index (χ2v) is 4.43. The Balaban J connectivity index is 2.18. The van der Waals surface area contributed by atoms with Gasteiger partial charge in [0.2, 0.25) is 0 Å². The molecule has 1 saturated heterocycles. The van der Waals surface area contributed by atoms with Crippen molar-refractivity contribution >= 4 is 0 Å². The summed E-state index contributed by atoms with van der Waals surface area (Å²) in [6, 6.07) is 0.370. The molecule has 1 aliphatic rings. The van der Waals surface area contributed by atoms with Crippen LogP contribution in [0.15, 0.2) is 0 Å². The summed E-state index contributed by atoms with van der Waals surface area (Å²) < 4.78 is 5.35. The average Bonchev–Trinajstić information content (AvgIpc) is 2.31. The zero-order valence-electron chi connectivity index (χ0n) is 10.2. The lowest BCUT2D eigenvalue weighted by molar-refractivity contribution is 0.0563. The molecule has 1 atom stereocenters. The zero-order valence-corrected chi connectivity index (χ0v) is 10.2. The van der Waals surface area contributed by atoms with E-state index in [4.69, 9.17) is 10.5 Å². The van der Waals surface area contributed by atoms with Crippen molar-refractivity contribution in [3.8, 4) is 0 Å². The maximum absolute atomic E-state index is 6.22. The molecule has 1 heterocycles. The summed E-state index contributed by atoms with van der Waals surface area (Å²) in [6.45, 7) is 9.65.